The summed E-state index contributed by atoms with van der Waals surface area (Å²) in [5, 5.41) is 7.18. The number of aromatic nitrogens is 2. The molecular formula is C13H16BrN3. The van der Waals surface area contributed by atoms with Gasteiger partial charge in [-0.05, 0) is 30.0 Å². The average Bonchev–Trinajstić information content (AvgIpc) is 2.70. The first-order valence-electron chi connectivity index (χ1n) is 5.73. The second-order valence-corrected chi connectivity index (χ2v) is 5.13. The zero-order valence-corrected chi connectivity index (χ0v) is 11.6. The van der Waals surface area contributed by atoms with Gasteiger partial charge in [-0.3, -0.25) is 5.10 Å². The summed E-state index contributed by atoms with van der Waals surface area (Å²) in [6.45, 7) is 4.33. The highest BCUT2D eigenvalue weighted by atomic mass is 79.9. The molecule has 17 heavy (non-hydrogen) atoms. The topological polar surface area (TPSA) is 54.7 Å². The largest absolute Gasteiger partial charge is 0.382 e. The molecule has 1 unspecified atom stereocenters. The lowest BCUT2D eigenvalue weighted by Gasteiger charge is -2.10. The number of H-pyrrole nitrogens is 1. The summed E-state index contributed by atoms with van der Waals surface area (Å²) in [6.07, 6.45) is 1.06. The van der Waals surface area contributed by atoms with Gasteiger partial charge in [0, 0.05) is 15.7 Å². The number of nitrogens with one attached hydrogen (secondary N) is 1. The van der Waals surface area contributed by atoms with Gasteiger partial charge < -0.3 is 5.73 Å². The lowest BCUT2D eigenvalue weighted by molar-refractivity contribution is 0.705. The van der Waals surface area contributed by atoms with Crippen molar-refractivity contribution < 1.29 is 0 Å². The predicted molar refractivity (Wildman–Crippen MR) is 74.8 cm³/mol. The fourth-order valence-corrected chi connectivity index (χ4v) is 2.28. The summed E-state index contributed by atoms with van der Waals surface area (Å²) in [5.74, 6) is 0.993. The summed E-state index contributed by atoms with van der Waals surface area (Å²) >= 11 is 3.48. The normalized spacial score (nSPS) is 12.6. The molecule has 1 aromatic heterocycles. The molecule has 4 heteroatoms. The van der Waals surface area contributed by atoms with E-state index in [-0.39, 0.29) is 0 Å². The molecule has 2 rings (SSSR count). The molecule has 0 radical (unpaired) electrons. The maximum absolute atomic E-state index is 5.96. The lowest BCUT2D eigenvalue weighted by atomic mass is 9.96. The number of benzene rings is 1. The number of nitrogens with two attached hydrogens (primary N) is 1. The SMILES string of the molecule is CCC(C)c1[nH]nc(N)c1-c1cccc(Br)c1. The fourth-order valence-electron chi connectivity index (χ4n) is 1.88. The van der Waals surface area contributed by atoms with Crippen molar-refractivity contribution in [3.8, 4) is 11.1 Å². The summed E-state index contributed by atoms with van der Waals surface area (Å²) in [7, 11) is 0. The Bertz CT molecular complexity index is 519. The van der Waals surface area contributed by atoms with Crippen LogP contribution in [0.2, 0.25) is 0 Å². The number of nitrogens with zero attached hydrogens (tertiary/aromatic N) is 1. The second-order valence-electron chi connectivity index (χ2n) is 4.22. The van der Waals surface area contributed by atoms with Gasteiger partial charge in [-0.1, -0.05) is 41.9 Å². The molecule has 3 N–H and O–H groups in total. The third-order valence-corrected chi connectivity index (χ3v) is 3.53. The number of aromatic amines is 1. The number of hydrogen-bond acceptors (Lipinski definition) is 2. The Morgan fingerprint density at radius 2 is 2.24 bits per heavy atom. The van der Waals surface area contributed by atoms with Gasteiger partial charge in [0.1, 0.15) is 0 Å². The van der Waals surface area contributed by atoms with Gasteiger partial charge in [0.15, 0.2) is 5.82 Å². The number of halogens is 1. The molecule has 0 saturated carbocycles. The van der Waals surface area contributed by atoms with Gasteiger partial charge in [0.25, 0.3) is 0 Å². The first-order valence-corrected chi connectivity index (χ1v) is 6.52. The summed E-state index contributed by atoms with van der Waals surface area (Å²) in [5.41, 5.74) is 9.20. The van der Waals surface area contributed by atoms with Crippen molar-refractivity contribution in [2.75, 3.05) is 5.73 Å². The van der Waals surface area contributed by atoms with Crippen molar-refractivity contribution in [3.63, 3.8) is 0 Å². The third kappa shape index (κ3) is 2.36. The highest BCUT2D eigenvalue weighted by Gasteiger charge is 2.17. The van der Waals surface area contributed by atoms with Crippen LogP contribution in [0.3, 0.4) is 0 Å². The Morgan fingerprint density at radius 1 is 1.47 bits per heavy atom. The number of anilines is 1. The average molecular weight is 294 g/mol. The molecule has 0 aliphatic carbocycles. The van der Waals surface area contributed by atoms with Gasteiger partial charge in [0.2, 0.25) is 0 Å². The fraction of sp³-hybridized carbons (Fsp3) is 0.308. The number of hydrogen-bond donors (Lipinski definition) is 2. The molecule has 0 aliphatic rings. The molecule has 2 aromatic rings. The maximum Gasteiger partial charge on any atom is 0.153 e. The van der Waals surface area contributed by atoms with E-state index >= 15 is 0 Å². The van der Waals surface area contributed by atoms with Crippen molar-refractivity contribution in [3.05, 3.63) is 34.4 Å². The van der Waals surface area contributed by atoms with Crippen molar-refractivity contribution in [1.82, 2.24) is 10.2 Å². The highest BCUT2D eigenvalue weighted by molar-refractivity contribution is 9.10. The van der Waals surface area contributed by atoms with Crippen molar-refractivity contribution in [2.45, 2.75) is 26.2 Å². The van der Waals surface area contributed by atoms with Crippen LogP contribution in [0.15, 0.2) is 28.7 Å². The Balaban J connectivity index is 2.54. The van der Waals surface area contributed by atoms with Gasteiger partial charge in [-0.2, -0.15) is 5.10 Å². The third-order valence-electron chi connectivity index (χ3n) is 3.04. The molecule has 1 atom stereocenters. The van der Waals surface area contributed by atoms with E-state index in [0.717, 1.165) is 27.7 Å². The lowest BCUT2D eigenvalue weighted by Crippen LogP contribution is -1.95. The van der Waals surface area contributed by atoms with Crippen LogP contribution in [-0.2, 0) is 0 Å². The molecule has 0 aliphatic heterocycles. The number of rotatable bonds is 3. The molecule has 3 nitrogen and oxygen atoms in total. The quantitative estimate of drug-likeness (QED) is 0.901. The van der Waals surface area contributed by atoms with Gasteiger partial charge >= 0.3 is 0 Å². The first kappa shape index (κ1) is 12.2. The minimum Gasteiger partial charge on any atom is -0.382 e. The van der Waals surface area contributed by atoms with Crippen molar-refractivity contribution in [1.29, 1.82) is 0 Å². The van der Waals surface area contributed by atoms with E-state index in [1.165, 1.54) is 0 Å². The van der Waals surface area contributed by atoms with E-state index in [1.807, 2.05) is 12.1 Å². The number of nitrogen functional groups attached to an aromatic ring is 1. The van der Waals surface area contributed by atoms with E-state index in [0.29, 0.717) is 11.7 Å². The Kier molecular flexibility index (Phi) is 3.52. The van der Waals surface area contributed by atoms with E-state index in [9.17, 15) is 0 Å². The van der Waals surface area contributed by atoms with Crippen molar-refractivity contribution in [2.24, 2.45) is 0 Å². The minimum atomic E-state index is 0.425. The Labute approximate surface area is 110 Å². The van der Waals surface area contributed by atoms with E-state index in [2.05, 4.69) is 52.1 Å². The molecule has 0 fully saturated rings. The second kappa shape index (κ2) is 4.92. The van der Waals surface area contributed by atoms with E-state index in [1.54, 1.807) is 0 Å². The Hall–Kier alpha value is -1.29. The van der Waals surface area contributed by atoms with Gasteiger partial charge in [-0.15, -0.1) is 0 Å². The summed E-state index contributed by atoms with van der Waals surface area (Å²) in [6, 6.07) is 8.12. The molecule has 1 aromatic carbocycles. The van der Waals surface area contributed by atoms with Crippen LogP contribution in [0, 0.1) is 0 Å². The summed E-state index contributed by atoms with van der Waals surface area (Å²) in [4.78, 5) is 0. The smallest absolute Gasteiger partial charge is 0.153 e. The molecule has 0 bridgehead atoms. The monoisotopic (exact) mass is 293 g/mol. The minimum absolute atomic E-state index is 0.425. The van der Waals surface area contributed by atoms with Crippen LogP contribution in [0.25, 0.3) is 11.1 Å². The van der Waals surface area contributed by atoms with Crippen LogP contribution in [-0.4, -0.2) is 10.2 Å². The highest BCUT2D eigenvalue weighted by Crippen LogP contribution is 2.34. The van der Waals surface area contributed by atoms with Gasteiger partial charge in [0.05, 0.1) is 0 Å². The van der Waals surface area contributed by atoms with Crippen LogP contribution >= 0.6 is 15.9 Å². The van der Waals surface area contributed by atoms with Crippen LogP contribution in [0.5, 0.6) is 0 Å². The molecule has 1 heterocycles. The standard InChI is InChI=1S/C13H16BrN3/c1-3-8(2)12-11(13(15)17-16-12)9-5-4-6-10(14)7-9/h4-8H,3H2,1-2H3,(H3,15,16,17). The van der Waals surface area contributed by atoms with Crippen LogP contribution in [0.1, 0.15) is 31.9 Å². The van der Waals surface area contributed by atoms with Gasteiger partial charge in [-0.25, -0.2) is 0 Å². The predicted octanol–water partition coefficient (Wildman–Crippen LogP) is 3.93. The zero-order valence-electron chi connectivity index (χ0n) is 10.00. The maximum atomic E-state index is 5.96. The molecular weight excluding hydrogens is 278 g/mol. The molecule has 0 spiro atoms. The van der Waals surface area contributed by atoms with Crippen LogP contribution in [0.4, 0.5) is 5.82 Å². The Morgan fingerprint density at radius 3 is 2.88 bits per heavy atom. The molecule has 0 amide bonds. The van der Waals surface area contributed by atoms with Crippen LogP contribution < -0.4 is 5.73 Å². The first-order chi connectivity index (χ1) is 8.13. The van der Waals surface area contributed by atoms with Crippen molar-refractivity contribution >= 4 is 21.7 Å². The molecule has 0 saturated heterocycles. The molecule has 90 valence electrons. The zero-order chi connectivity index (χ0) is 12.4. The summed E-state index contributed by atoms with van der Waals surface area (Å²) < 4.78 is 1.05. The van der Waals surface area contributed by atoms with E-state index < -0.39 is 0 Å². The van der Waals surface area contributed by atoms with E-state index in [4.69, 9.17) is 5.73 Å².